The molecule has 0 bridgehead atoms. The van der Waals surface area contributed by atoms with Crippen molar-refractivity contribution in [3.8, 4) is 56.0 Å². The van der Waals surface area contributed by atoms with Crippen LogP contribution in [0, 0.1) is 0 Å². The summed E-state index contributed by atoms with van der Waals surface area (Å²) >= 11 is 0. The molecule has 0 heterocycles. The van der Waals surface area contributed by atoms with Crippen molar-refractivity contribution in [2.24, 2.45) is 0 Å². The van der Waals surface area contributed by atoms with Crippen LogP contribution in [-0.4, -0.2) is 14.2 Å². The Morgan fingerprint density at radius 2 is 0.515 bits per heavy atom. The summed E-state index contributed by atoms with van der Waals surface area (Å²) < 4.78 is 12.6. The molecular weight excluding hydrogens is 801 g/mol. The summed E-state index contributed by atoms with van der Waals surface area (Å²) in [6.07, 6.45) is 0. The zero-order chi connectivity index (χ0) is 47.1. The molecular formula is C64H66O2. The zero-order valence-corrected chi connectivity index (χ0v) is 41.7. The normalized spacial score (nSPS) is 12.7. The molecule has 0 radical (unpaired) electrons. The number of methoxy groups -OCH3 is 2. The van der Waals surface area contributed by atoms with Gasteiger partial charge in [-0.25, -0.2) is 0 Å². The third kappa shape index (κ3) is 7.83. The summed E-state index contributed by atoms with van der Waals surface area (Å²) in [5.41, 5.74) is 14.0. The van der Waals surface area contributed by atoms with Gasteiger partial charge in [0.15, 0.2) is 0 Å². The zero-order valence-electron chi connectivity index (χ0n) is 41.7. The molecule has 9 aromatic carbocycles. The van der Waals surface area contributed by atoms with Crippen molar-refractivity contribution in [1.29, 1.82) is 0 Å². The maximum absolute atomic E-state index is 6.30. The van der Waals surface area contributed by atoms with E-state index in [1.807, 2.05) is 14.2 Å². The predicted molar refractivity (Wildman–Crippen MR) is 286 cm³/mol. The molecule has 0 atom stereocenters. The molecule has 0 N–H and O–H groups in total. The van der Waals surface area contributed by atoms with Crippen LogP contribution >= 0.6 is 0 Å². The Morgan fingerprint density at radius 3 is 0.742 bits per heavy atom. The molecule has 0 spiro atoms. The van der Waals surface area contributed by atoms with Crippen molar-refractivity contribution in [2.45, 2.75) is 105 Å². The van der Waals surface area contributed by atoms with Gasteiger partial charge in [0.25, 0.3) is 0 Å². The maximum atomic E-state index is 6.30. The lowest BCUT2D eigenvalue weighted by molar-refractivity contribution is 0.381. The summed E-state index contributed by atoms with van der Waals surface area (Å²) in [6, 6.07) is 55.2. The smallest absolute Gasteiger partial charge is 0.126 e. The van der Waals surface area contributed by atoms with E-state index in [0.717, 1.165) is 11.5 Å². The van der Waals surface area contributed by atoms with Crippen LogP contribution in [0.2, 0.25) is 0 Å². The highest BCUT2D eigenvalue weighted by atomic mass is 16.5. The number of ether oxygens (including phenoxy) is 2. The van der Waals surface area contributed by atoms with Gasteiger partial charge in [-0.1, -0.05) is 180 Å². The van der Waals surface area contributed by atoms with Crippen molar-refractivity contribution >= 4 is 43.1 Å². The molecule has 66 heavy (non-hydrogen) atoms. The number of hydrogen-bond donors (Lipinski definition) is 0. The molecule has 0 aliphatic carbocycles. The lowest BCUT2D eigenvalue weighted by atomic mass is 9.76. The third-order valence-electron chi connectivity index (χ3n) is 13.7. The molecule has 0 saturated carbocycles. The van der Waals surface area contributed by atoms with Crippen LogP contribution in [0.1, 0.15) is 105 Å². The molecule has 2 nitrogen and oxygen atoms in total. The van der Waals surface area contributed by atoms with Crippen LogP contribution in [0.5, 0.6) is 11.5 Å². The highest BCUT2D eigenvalue weighted by Crippen LogP contribution is 2.52. The Balaban J connectivity index is 1.43. The monoisotopic (exact) mass is 867 g/mol. The fourth-order valence-corrected chi connectivity index (χ4v) is 10.3. The fourth-order valence-electron chi connectivity index (χ4n) is 10.3. The molecule has 0 aliphatic heterocycles. The van der Waals surface area contributed by atoms with Gasteiger partial charge in [0.05, 0.1) is 14.2 Å². The Kier molecular flexibility index (Phi) is 11.0. The molecule has 2 heteroatoms. The van der Waals surface area contributed by atoms with Gasteiger partial charge < -0.3 is 9.47 Å². The van der Waals surface area contributed by atoms with E-state index in [1.54, 1.807) is 0 Å². The van der Waals surface area contributed by atoms with Crippen molar-refractivity contribution < 1.29 is 9.47 Å². The molecule has 0 amide bonds. The van der Waals surface area contributed by atoms with Crippen LogP contribution in [0.15, 0.2) is 146 Å². The third-order valence-corrected chi connectivity index (χ3v) is 13.7. The SMILES string of the molecule is COc1c(C(C)(C)C)cc(-c2cc3ccccc3cc2-c2c3ccccc3c(-c3cc4ccccc4cc3-c3cc(C(C)(C)C)c(OC)c(C(C)(C)C)c3)c3ccccc23)cc1C(C)(C)C. The van der Waals surface area contributed by atoms with E-state index in [9.17, 15) is 0 Å². The average Bonchev–Trinajstić information content (AvgIpc) is 3.27. The van der Waals surface area contributed by atoms with E-state index < -0.39 is 0 Å². The molecule has 0 saturated heterocycles. The van der Waals surface area contributed by atoms with E-state index in [4.69, 9.17) is 9.47 Å². The van der Waals surface area contributed by atoms with Gasteiger partial charge >= 0.3 is 0 Å². The van der Waals surface area contributed by atoms with Gasteiger partial charge in [-0.15, -0.1) is 0 Å². The Hall–Kier alpha value is -6.38. The molecule has 0 fully saturated rings. The molecule has 0 aliphatic rings. The molecule has 9 aromatic rings. The van der Waals surface area contributed by atoms with Crippen LogP contribution < -0.4 is 9.47 Å². The fraction of sp³-hybridized carbons (Fsp3) is 0.281. The van der Waals surface area contributed by atoms with Crippen LogP contribution in [0.3, 0.4) is 0 Å². The van der Waals surface area contributed by atoms with Gasteiger partial charge in [0.2, 0.25) is 0 Å². The minimum Gasteiger partial charge on any atom is -0.496 e. The molecule has 334 valence electrons. The van der Waals surface area contributed by atoms with Crippen molar-refractivity contribution in [3.05, 3.63) is 168 Å². The van der Waals surface area contributed by atoms with Crippen LogP contribution in [0.25, 0.3) is 87.6 Å². The first-order chi connectivity index (χ1) is 31.2. The van der Waals surface area contributed by atoms with Crippen LogP contribution in [-0.2, 0) is 21.7 Å². The second-order valence-electron chi connectivity index (χ2n) is 22.5. The Bertz CT molecular complexity index is 3000. The minimum atomic E-state index is -0.151. The standard InChI is InChI=1S/C64H66O2/c1-61(2,3)53-35-43(36-54(59(53)65-13)62(4,5)6)49-31-39-23-15-17-25-41(39)33-51(49)57-45-27-19-21-29-47(45)58(48-30-22-20-28-46(48)57)52-34-42-26-18-16-24-40(42)32-50(52)44-37-55(63(7,8)9)60(66-14)56(38-44)64(10,11)12/h15-38H,1-14H3. The molecule has 0 aromatic heterocycles. The van der Waals surface area contributed by atoms with Gasteiger partial charge in [0.1, 0.15) is 11.5 Å². The number of benzene rings is 9. The van der Waals surface area contributed by atoms with Gasteiger partial charge in [-0.3, -0.25) is 0 Å². The second kappa shape index (κ2) is 16.2. The Labute approximate surface area is 393 Å². The Morgan fingerprint density at radius 1 is 0.288 bits per heavy atom. The summed E-state index contributed by atoms with van der Waals surface area (Å²) in [5, 5.41) is 9.77. The lowest BCUT2D eigenvalue weighted by Crippen LogP contribution is -2.19. The maximum Gasteiger partial charge on any atom is 0.126 e. The van der Waals surface area contributed by atoms with Crippen molar-refractivity contribution in [1.82, 2.24) is 0 Å². The van der Waals surface area contributed by atoms with Gasteiger partial charge in [0, 0.05) is 22.3 Å². The van der Waals surface area contributed by atoms with Crippen molar-refractivity contribution in [3.63, 3.8) is 0 Å². The summed E-state index contributed by atoms with van der Waals surface area (Å²) in [7, 11) is 3.65. The lowest BCUT2D eigenvalue weighted by Gasteiger charge is -2.31. The topological polar surface area (TPSA) is 18.5 Å². The van der Waals surface area contributed by atoms with Crippen LogP contribution in [0.4, 0.5) is 0 Å². The van der Waals surface area contributed by atoms with E-state index in [0.29, 0.717) is 0 Å². The number of hydrogen-bond acceptors (Lipinski definition) is 2. The second-order valence-corrected chi connectivity index (χ2v) is 22.5. The van der Waals surface area contributed by atoms with Gasteiger partial charge in [-0.05, 0) is 158 Å². The number of rotatable bonds is 6. The largest absolute Gasteiger partial charge is 0.496 e. The minimum absolute atomic E-state index is 0.151. The highest BCUT2D eigenvalue weighted by Gasteiger charge is 2.31. The first-order valence-corrected chi connectivity index (χ1v) is 23.7. The first-order valence-electron chi connectivity index (χ1n) is 23.7. The quantitative estimate of drug-likeness (QED) is 0.155. The van der Waals surface area contributed by atoms with Gasteiger partial charge in [-0.2, -0.15) is 0 Å². The summed E-state index contributed by atoms with van der Waals surface area (Å²) in [6.45, 7) is 27.5. The number of fused-ring (bicyclic) bond motifs is 4. The van der Waals surface area contributed by atoms with E-state index in [2.05, 4.69) is 229 Å². The predicted octanol–water partition coefficient (Wildman–Crippen LogP) is 18.2. The van der Waals surface area contributed by atoms with E-state index >= 15 is 0 Å². The average molecular weight is 867 g/mol. The first kappa shape index (κ1) is 44.8. The van der Waals surface area contributed by atoms with E-state index in [1.165, 1.54) is 110 Å². The summed E-state index contributed by atoms with van der Waals surface area (Å²) in [5.74, 6) is 1.96. The van der Waals surface area contributed by atoms with Crippen molar-refractivity contribution in [2.75, 3.05) is 14.2 Å². The highest BCUT2D eigenvalue weighted by molar-refractivity contribution is 6.24. The molecule has 9 rings (SSSR count). The summed E-state index contributed by atoms with van der Waals surface area (Å²) in [4.78, 5) is 0. The molecule has 0 unspecified atom stereocenters. The van der Waals surface area contributed by atoms with E-state index in [-0.39, 0.29) is 21.7 Å².